The van der Waals surface area contributed by atoms with Gasteiger partial charge >= 0.3 is 0 Å². The topological polar surface area (TPSA) is 84.5 Å². The smallest absolute Gasteiger partial charge is 0.251 e. The molecular weight excluding hydrogens is 412 g/mol. The maximum absolute atomic E-state index is 12.5. The van der Waals surface area contributed by atoms with Crippen molar-refractivity contribution in [1.82, 2.24) is 10.0 Å². The number of benzene rings is 3. The predicted octanol–water partition coefficient (Wildman–Crippen LogP) is 4.24. The second kappa shape index (κ2) is 10.2. The first kappa shape index (κ1) is 22.5. The molecule has 1 amide bonds. The van der Waals surface area contributed by atoms with Crippen LogP contribution >= 0.6 is 0 Å². The summed E-state index contributed by atoms with van der Waals surface area (Å²) in [5.74, 6) is 0.989. The molecule has 0 saturated carbocycles. The number of carbonyl (C=O) groups excluding carboxylic acids is 1. The average molecular weight is 439 g/mol. The molecule has 0 unspecified atom stereocenters. The molecule has 2 N–H and O–H groups in total. The van der Waals surface area contributed by atoms with Crippen LogP contribution in [-0.2, 0) is 22.3 Å². The summed E-state index contributed by atoms with van der Waals surface area (Å²) in [6, 6.07) is 23.4. The molecule has 0 atom stereocenters. The highest BCUT2D eigenvalue weighted by Gasteiger charge is 2.13. The van der Waals surface area contributed by atoms with Gasteiger partial charge in [-0.15, -0.1) is 0 Å². The van der Waals surface area contributed by atoms with Crippen molar-refractivity contribution < 1.29 is 17.9 Å². The first-order valence-electron chi connectivity index (χ1n) is 10.00. The van der Waals surface area contributed by atoms with Crippen molar-refractivity contribution in [3.8, 4) is 11.5 Å². The van der Waals surface area contributed by atoms with Crippen LogP contribution in [-0.4, -0.2) is 20.4 Å². The lowest BCUT2D eigenvalue weighted by Crippen LogP contribution is -2.31. The number of nitrogens with one attached hydrogen (secondary N) is 2. The van der Waals surface area contributed by atoms with E-state index in [1.807, 2.05) is 42.5 Å². The molecule has 3 aromatic carbocycles. The summed E-state index contributed by atoms with van der Waals surface area (Å²) in [5.41, 5.74) is 2.06. The van der Waals surface area contributed by atoms with Crippen LogP contribution in [0.5, 0.6) is 11.5 Å². The summed E-state index contributed by atoms with van der Waals surface area (Å²) in [7, 11) is -3.37. The maximum Gasteiger partial charge on any atom is 0.251 e. The minimum atomic E-state index is -3.37. The van der Waals surface area contributed by atoms with E-state index in [9.17, 15) is 13.2 Å². The lowest BCUT2D eigenvalue weighted by molar-refractivity contribution is 0.0950. The van der Waals surface area contributed by atoms with E-state index < -0.39 is 10.0 Å². The standard InChI is InChI=1S/C24H26N2O4S/c1-18(2)26-31(28,29)17-20-13-11-19(12-14-20)16-25-24(27)21-7-6-10-23(15-21)30-22-8-4-3-5-9-22/h3-15,18,26H,16-17H2,1-2H3,(H,25,27). The Balaban J connectivity index is 1.56. The fraction of sp³-hybridized carbons (Fsp3) is 0.208. The Bertz CT molecular complexity index is 1110. The Morgan fingerprint density at radius 3 is 2.19 bits per heavy atom. The normalized spacial score (nSPS) is 11.3. The Hall–Kier alpha value is -3.16. The van der Waals surface area contributed by atoms with E-state index in [1.165, 1.54) is 0 Å². The van der Waals surface area contributed by atoms with E-state index in [-0.39, 0.29) is 17.7 Å². The molecule has 162 valence electrons. The summed E-state index contributed by atoms with van der Waals surface area (Å²) in [4.78, 5) is 12.5. The molecule has 0 saturated heterocycles. The monoisotopic (exact) mass is 438 g/mol. The van der Waals surface area contributed by atoms with Gasteiger partial charge in [-0.25, -0.2) is 13.1 Å². The minimum absolute atomic E-state index is 0.0774. The van der Waals surface area contributed by atoms with Crippen LogP contribution < -0.4 is 14.8 Å². The van der Waals surface area contributed by atoms with Gasteiger partial charge in [0.2, 0.25) is 10.0 Å². The summed E-state index contributed by atoms with van der Waals surface area (Å²) in [6.45, 7) is 3.90. The Morgan fingerprint density at radius 2 is 1.52 bits per heavy atom. The van der Waals surface area contributed by atoms with Crippen molar-refractivity contribution in [3.63, 3.8) is 0 Å². The molecule has 0 fully saturated rings. The SMILES string of the molecule is CC(C)NS(=O)(=O)Cc1ccc(CNC(=O)c2cccc(Oc3ccccc3)c2)cc1. The van der Waals surface area contributed by atoms with Gasteiger partial charge in [-0.1, -0.05) is 48.5 Å². The second-order valence-corrected chi connectivity index (χ2v) is 9.23. The van der Waals surface area contributed by atoms with Crippen LogP contribution in [0.25, 0.3) is 0 Å². The molecule has 0 heterocycles. The van der Waals surface area contributed by atoms with E-state index in [2.05, 4.69) is 10.0 Å². The lowest BCUT2D eigenvalue weighted by Gasteiger charge is -2.10. The van der Waals surface area contributed by atoms with Crippen molar-refractivity contribution in [2.75, 3.05) is 0 Å². The van der Waals surface area contributed by atoms with E-state index in [4.69, 9.17) is 4.74 Å². The van der Waals surface area contributed by atoms with Gasteiger partial charge in [0.05, 0.1) is 5.75 Å². The van der Waals surface area contributed by atoms with E-state index in [0.717, 1.165) is 5.56 Å². The maximum atomic E-state index is 12.5. The van der Waals surface area contributed by atoms with Gasteiger partial charge < -0.3 is 10.1 Å². The van der Waals surface area contributed by atoms with E-state index in [0.29, 0.717) is 29.2 Å². The summed E-state index contributed by atoms with van der Waals surface area (Å²) in [5, 5.41) is 2.88. The largest absolute Gasteiger partial charge is 0.457 e. The summed E-state index contributed by atoms with van der Waals surface area (Å²) in [6.07, 6.45) is 0. The van der Waals surface area contributed by atoms with Gasteiger partial charge in [-0.05, 0) is 55.3 Å². The molecule has 0 aliphatic heterocycles. The number of ether oxygens (including phenoxy) is 1. The van der Waals surface area contributed by atoms with Gasteiger partial charge in [0.1, 0.15) is 11.5 Å². The zero-order valence-electron chi connectivity index (χ0n) is 17.5. The number of amides is 1. The highest BCUT2D eigenvalue weighted by Crippen LogP contribution is 2.21. The van der Waals surface area contributed by atoms with Gasteiger partial charge in [0.25, 0.3) is 5.91 Å². The number of sulfonamides is 1. The second-order valence-electron chi connectivity index (χ2n) is 7.47. The third-order valence-electron chi connectivity index (χ3n) is 4.32. The van der Waals surface area contributed by atoms with Crippen LogP contribution in [0.3, 0.4) is 0 Å². The van der Waals surface area contributed by atoms with Crippen molar-refractivity contribution in [3.05, 3.63) is 95.6 Å². The van der Waals surface area contributed by atoms with Crippen molar-refractivity contribution >= 4 is 15.9 Å². The molecule has 3 aromatic rings. The number of para-hydroxylation sites is 1. The third kappa shape index (κ3) is 7.24. The summed E-state index contributed by atoms with van der Waals surface area (Å²) < 4.78 is 32.4. The van der Waals surface area contributed by atoms with Crippen molar-refractivity contribution in [2.45, 2.75) is 32.2 Å². The first-order chi connectivity index (χ1) is 14.8. The molecule has 0 aromatic heterocycles. The van der Waals surface area contributed by atoms with Crippen LogP contribution in [0.2, 0.25) is 0 Å². The van der Waals surface area contributed by atoms with Gasteiger partial charge in [0.15, 0.2) is 0 Å². The molecule has 7 heteroatoms. The zero-order valence-corrected chi connectivity index (χ0v) is 18.4. The first-order valence-corrected chi connectivity index (χ1v) is 11.6. The molecule has 6 nitrogen and oxygen atoms in total. The average Bonchev–Trinajstić information content (AvgIpc) is 2.73. The molecule has 0 radical (unpaired) electrons. The molecule has 0 aliphatic carbocycles. The number of hydrogen-bond donors (Lipinski definition) is 2. The minimum Gasteiger partial charge on any atom is -0.457 e. The zero-order chi connectivity index (χ0) is 22.3. The fourth-order valence-electron chi connectivity index (χ4n) is 2.98. The predicted molar refractivity (Wildman–Crippen MR) is 121 cm³/mol. The Morgan fingerprint density at radius 1 is 0.871 bits per heavy atom. The van der Waals surface area contributed by atoms with Gasteiger partial charge in [0, 0.05) is 18.2 Å². The van der Waals surface area contributed by atoms with Gasteiger partial charge in [-0.3, -0.25) is 4.79 Å². The molecule has 31 heavy (non-hydrogen) atoms. The highest BCUT2D eigenvalue weighted by molar-refractivity contribution is 7.88. The molecule has 0 spiro atoms. The number of rotatable bonds is 9. The van der Waals surface area contributed by atoms with Crippen LogP contribution in [0.4, 0.5) is 0 Å². The third-order valence-corrected chi connectivity index (χ3v) is 5.87. The molecule has 0 aliphatic rings. The van der Waals surface area contributed by atoms with Crippen molar-refractivity contribution in [2.24, 2.45) is 0 Å². The van der Waals surface area contributed by atoms with Crippen molar-refractivity contribution in [1.29, 1.82) is 0 Å². The Kier molecular flexibility index (Phi) is 7.44. The molecule has 0 bridgehead atoms. The van der Waals surface area contributed by atoms with Crippen LogP contribution in [0.15, 0.2) is 78.9 Å². The molecular formula is C24H26N2O4S. The van der Waals surface area contributed by atoms with E-state index >= 15 is 0 Å². The number of carbonyl (C=O) groups is 1. The number of hydrogen-bond acceptors (Lipinski definition) is 4. The van der Waals surface area contributed by atoms with Crippen LogP contribution in [0, 0.1) is 0 Å². The quantitative estimate of drug-likeness (QED) is 0.523. The fourth-order valence-corrected chi connectivity index (χ4v) is 4.42. The molecule has 3 rings (SSSR count). The summed E-state index contributed by atoms with van der Waals surface area (Å²) >= 11 is 0. The van der Waals surface area contributed by atoms with Crippen LogP contribution in [0.1, 0.15) is 35.3 Å². The lowest BCUT2D eigenvalue weighted by atomic mass is 10.1. The van der Waals surface area contributed by atoms with Gasteiger partial charge in [-0.2, -0.15) is 0 Å². The highest BCUT2D eigenvalue weighted by atomic mass is 32.2. The Labute approximate surface area is 183 Å². The van der Waals surface area contributed by atoms with E-state index in [1.54, 1.807) is 50.2 Å².